The second-order valence-electron chi connectivity index (χ2n) is 5.30. The van der Waals surface area contributed by atoms with Crippen molar-refractivity contribution in [2.45, 2.75) is 51.7 Å². The number of piperidine rings is 1. The lowest BCUT2D eigenvalue weighted by Crippen LogP contribution is -2.32. The first-order chi connectivity index (χ1) is 7.14. The fourth-order valence-electron chi connectivity index (χ4n) is 2.45. The van der Waals surface area contributed by atoms with Crippen LogP contribution in [0.25, 0.3) is 0 Å². The quantitative estimate of drug-likeness (QED) is 0.707. The van der Waals surface area contributed by atoms with E-state index in [-0.39, 0.29) is 0 Å². The van der Waals surface area contributed by atoms with Crippen molar-refractivity contribution in [1.82, 2.24) is 5.32 Å². The molecule has 0 aromatic rings. The van der Waals surface area contributed by atoms with Crippen molar-refractivity contribution < 1.29 is 4.43 Å². The lowest BCUT2D eigenvalue weighted by Gasteiger charge is -2.25. The van der Waals surface area contributed by atoms with E-state index < -0.39 is 8.32 Å². The van der Waals surface area contributed by atoms with E-state index >= 15 is 0 Å². The molecule has 1 saturated heterocycles. The summed E-state index contributed by atoms with van der Waals surface area (Å²) in [6.45, 7) is 10.2. The highest BCUT2D eigenvalue weighted by molar-refractivity contribution is 6.71. The first kappa shape index (κ1) is 13.2. The minimum absolute atomic E-state index is 0.893. The Morgan fingerprint density at radius 3 is 2.80 bits per heavy atom. The maximum atomic E-state index is 5.84. The summed E-state index contributed by atoms with van der Waals surface area (Å²) in [6, 6.07) is 1.33. The van der Waals surface area contributed by atoms with Crippen LogP contribution in [0.4, 0.5) is 0 Å². The molecule has 0 bridgehead atoms. The lowest BCUT2D eigenvalue weighted by molar-refractivity contribution is 0.321. The van der Waals surface area contributed by atoms with E-state index in [1.165, 1.54) is 44.8 Å². The lowest BCUT2D eigenvalue weighted by atomic mass is 9.95. The molecule has 1 aliphatic heterocycles. The average molecular weight is 229 g/mol. The van der Waals surface area contributed by atoms with Crippen molar-refractivity contribution in [2.75, 3.05) is 19.7 Å². The molecule has 90 valence electrons. The van der Waals surface area contributed by atoms with Gasteiger partial charge in [-0.2, -0.15) is 0 Å². The van der Waals surface area contributed by atoms with Gasteiger partial charge in [0.15, 0.2) is 8.32 Å². The van der Waals surface area contributed by atoms with Gasteiger partial charge in [-0.3, -0.25) is 0 Å². The monoisotopic (exact) mass is 229 g/mol. The molecule has 1 aliphatic rings. The van der Waals surface area contributed by atoms with E-state index in [4.69, 9.17) is 4.43 Å². The van der Waals surface area contributed by atoms with Gasteiger partial charge in [-0.25, -0.2) is 0 Å². The predicted molar refractivity (Wildman–Crippen MR) is 68.7 cm³/mol. The zero-order valence-corrected chi connectivity index (χ0v) is 11.6. The minimum atomic E-state index is -1.31. The van der Waals surface area contributed by atoms with E-state index in [0.29, 0.717) is 0 Å². The molecule has 1 N–H and O–H groups in total. The van der Waals surface area contributed by atoms with E-state index in [0.717, 1.165) is 12.5 Å². The van der Waals surface area contributed by atoms with Gasteiger partial charge >= 0.3 is 0 Å². The third-order valence-electron chi connectivity index (χ3n) is 3.33. The first-order valence-corrected chi connectivity index (χ1v) is 9.60. The van der Waals surface area contributed by atoms with Gasteiger partial charge in [0.1, 0.15) is 0 Å². The van der Waals surface area contributed by atoms with Crippen LogP contribution in [0.2, 0.25) is 19.1 Å². The van der Waals surface area contributed by atoms with Crippen molar-refractivity contribution in [1.29, 1.82) is 0 Å². The summed E-state index contributed by atoms with van der Waals surface area (Å²) in [5.41, 5.74) is 0. The molecule has 1 heterocycles. The van der Waals surface area contributed by atoms with E-state index in [1.54, 1.807) is 0 Å². The molecule has 0 saturated carbocycles. The highest BCUT2D eigenvalue weighted by Gasteiger charge is 2.22. The summed E-state index contributed by atoms with van der Waals surface area (Å²) in [4.78, 5) is 0. The molecule has 2 nitrogen and oxygen atoms in total. The van der Waals surface area contributed by atoms with Crippen molar-refractivity contribution in [3.63, 3.8) is 0 Å². The zero-order chi connectivity index (χ0) is 11.1. The summed E-state index contributed by atoms with van der Waals surface area (Å²) in [5.74, 6) is 0.935. The van der Waals surface area contributed by atoms with Crippen LogP contribution in [0.5, 0.6) is 0 Å². The molecule has 1 atom stereocenters. The molecule has 0 aromatic heterocycles. The van der Waals surface area contributed by atoms with Crippen LogP contribution in [0.3, 0.4) is 0 Å². The van der Waals surface area contributed by atoms with Gasteiger partial charge in [0.25, 0.3) is 0 Å². The Morgan fingerprint density at radius 1 is 1.40 bits per heavy atom. The molecule has 0 radical (unpaired) electrons. The maximum absolute atomic E-state index is 5.84. The molecule has 0 aliphatic carbocycles. The normalized spacial score (nSPS) is 23.0. The molecule has 3 heteroatoms. The third-order valence-corrected chi connectivity index (χ3v) is 5.95. The second kappa shape index (κ2) is 6.66. The topological polar surface area (TPSA) is 21.3 Å². The van der Waals surface area contributed by atoms with Crippen LogP contribution in [0.15, 0.2) is 0 Å². The summed E-state index contributed by atoms with van der Waals surface area (Å²) in [5, 5.41) is 3.49. The summed E-state index contributed by atoms with van der Waals surface area (Å²) >= 11 is 0. The van der Waals surface area contributed by atoms with Gasteiger partial charge in [-0.15, -0.1) is 0 Å². The fourth-order valence-corrected chi connectivity index (χ4v) is 4.43. The molecular weight excluding hydrogens is 202 g/mol. The van der Waals surface area contributed by atoms with Gasteiger partial charge < -0.3 is 9.74 Å². The van der Waals surface area contributed by atoms with Crippen molar-refractivity contribution in [2.24, 2.45) is 5.92 Å². The smallest absolute Gasteiger partial charge is 0.186 e. The Hall–Kier alpha value is 0.137. The van der Waals surface area contributed by atoms with Gasteiger partial charge in [-0.1, -0.05) is 6.42 Å². The number of nitrogens with one attached hydrogen (secondary N) is 1. The Bertz CT molecular complexity index is 167. The van der Waals surface area contributed by atoms with Gasteiger partial charge in [0.2, 0.25) is 0 Å². The Morgan fingerprint density at radius 2 is 2.20 bits per heavy atom. The predicted octanol–water partition coefficient (Wildman–Crippen LogP) is 3.01. The molecule has 0 aromatic carbocycles. The SMILES string of the molecule is CCO[Si](C)(C)CCCC1CCCNC1. The van der Waals surface area contributed by atoms with Gasteiger partial charge in [0.05, 0.1) is 0 Å². The third kappa shape index (κ3) is 5.69. The minimum Gasteiger partial charge on any atom is -0.418 e. The summed E-state index contributed by atoms with van der Waals surface area (Å²) < 4.78 is 5.84. The van der Waals surface area contributed by atoms with Crippen LogP contribution in [-0.2, 0) is 4.43 Å². The van der Waals surface area contributed by atoms with Crippen LogP contribution < -0.4 is 5.32 Å². The molecule has 1 fully saturated rings. The number of hydrogen-bond donors (Lipinski definition) is 1. The maximum Gasteiger partial charge on any atom is 0.186 e. The Labute approximate surface area is 95.9 Å². The van der Waals surface area contributed by atoms with Crippen LogP contribution in [-0.4, -0.2) is 28.0 Å². The van der Waals surface area contributed by atoms with Crippen LogP contribution in [0, 0.1) is 5.92 Å². The summed E-state index contributed by atoms with van der Waals surface area (Å²) in [7, 11) is -1.31. The van der Waals surface area contributed by atoms with Gasteiger partial charge in [0, 0.05) is 6.61 Å². The van der Waals surface area contributed by atoms with Gasteiger partial charge in [-0.05, 0) is 64.3 Å². The van der Waals surface area contributed by atoms with E-state index in [1.807, 2.05) is 0 Å². The average Bonchev–Trinajstić information content (AvgIpc) is 2.19. The van der Waals surface area contributed by atoms with Crippen molar-refractivity contribution in [3.8, 4) is 0 Å². The number of rotatable bonds is 6. The molecule has 0 amide bonds. The van der Waals surface area contributed by atoms with E-state index in [9.17, 15) is 0 Å². The van der Waals surface area contributed by atoms with E-state index in [2.05, 4.69) is 25.3 Å². The standard InChI is InChI=1S/C12H27NOSi/c1-4-14-15(2,3)10-6-8-12-7-5-9-13-11-12/h12-13H,4-11H2,1-3H3. The first-order valence-electron chi connectivity index (χ1n) is 6.49. The van der Waals surface area contributed by atoms with Crippen molar-refractivity contribution >= 4 is 8.32 Å². The Kier molecular flexibility index (Phi) is 5.86. The number of hydrogen-bond acceptors (Lipinski definition) is 2. The fraction of sp³-hybridized carbons (Fsp3) is 1.00. The molecule has 1 rings (SSSR count). The molecule has 1 unspecified atom stereocenters. The molecule has 15 heavy (non-hydrogen) atoms. The van der Waals surface area contributed by atoms with Crippen LogP contribution in [0.1, 0.15) is 32.6 Å². The molecular formula is C12H27NOSi. The molecule has 0 spiro atoms. The summed E-state index contributed by atoms with van der Waals surface area (Å²) in [6.07, 6.45) is 5.57. The highest BCUT2D eigenvalue weighted by Crippen LogP contribution is 2.21. The Balaban J connectivity index is 2.09. The second-order valence-corrected chi connectivity index (χ2v) is 9.61. The zero-order valence-electron chi connectivity index (χ0n) is 10.6. The van der Waals surface area contributed by atoms with Crippen molar-refractivity contribution in [3.05, 3.63) is 0 Å². The highest BCUT2D eigenvalue weighted by atomic mass is 28.4. The largest absolute Gasteiger partial charge is 0.418 e. The van der Waals surface area contributed by atoms with Crippen LogP contribution >= 0.6 is 0 Å².